The minimum Gasteiger partial charge on any atom is -0.478 e. The molecule has 126 valence electrons. The van der Waals surface area contributed by atoms with Gasteiger partial charge in [-0.2, -0.15) is 0 Å². The van der Waals surface area contributed by atoms with E-state index in [2.05, 4.69) is 5.32 Å². The Bertz CT molecular complexity index is 802. The van der Waals surface area contributed by atoms with Gasteiger partial charge in [-0.1, -0.05) is 0 Å². The number of benzene rings is 1. The number of allylic oxidation sites excluding steroid dienone is 1. The fourth-order valence-corrected chi connectivity index (χ4v) is 2.68. The fraction of sp³-hybridized carbons (Fsp3) is 0.286. The number of nitro benzene ring substituents is 1. The number of carboxylic acid groups (broad SMARTS) is 1. The van der Waals surface area contributed by atoms with E-state index in [9.17, 15) is 24.8 Å². The van der Waals surface area contributed by atoms with Gasteiger partial charge in [0, 0.05) is 12.7 Å². The Morgan fingerprint density at radius 3 is 2.62 bits per heavy atom. The molecule has 2 aliphatic heterocycles. The SMILES string of the molecule is CC1=C(C(=O)O)C(c2cc3c(cc2[N+](=O)[O-])OCO3)NC(=O)N1C. The molecule has 2 N–H and O–H groups in total. The van der Waals surface area contributed by atoms with E-state index in [1.54, 1.807) is 0 Å². The number of amides is 2. The molecule has 0 saturated heterocycles. The molecule has 24 heavy (non-hydrogen) atoms. The van der Waals surface area contributed by atoms with Gasteiger partial charge in [-0.05, 0) is 13.0 Å². The summed E-state index contributed by atoms with van der Waals surface area (Å²) in [6, 6.07) is 0.750. The molecule has 0 spiro atoms. The van der Waals surface area contributed by atoms with Crippen LogP contribution in [0.1, 0.15) is 18.5 Å². The number of nitrogens with zero attached hydrogens (tertiary/aromatic N) is 2. The topological polar surface area (TPSA) is 131 Å². The van der Waals surface area contributed by atoms with Gasteiger partial charge >= 0.3 is 12.0 Å². The van der Waals surface area contributed by atoms with Crippen molar-refractivity contribution in [1.82, 2.24) is 10.2 Å². The normalized spacial score (nSPS) is 19.3. The van der Waals surface area contributed by atoms with Crippen LogP contribution in [0.25, 0.3) is 0 Å². The van der Waals surface area contributed by atoms with E-state index < -0.39 is 23.0 Å². The second-order valence-corrected chi connectivity index (χ2v) is 5.27. The third-order valence-corrected chi connectivity index (χ3v) is 4.01. The summed E-state index contributed by atoms with van der Waals surface area (Å²) in [5, 5.41) is 23.4. The zero-order valence-corrected chi connectivity index (χ0v) is 12.7. The Labute approximate surface area is 135 Å². The van der Waals surface area contributed by atoms with E-state index in [0.29, 0.717) is 0 Å². The average molecular weight is 335 g/mol. The van der Waals surface area contributed by atoms with Crippen molar-refractivity contribution in [3.8, 4) is 11.5 Å². The maximum absolute atomic E-state index is 12.0. The molecular formula is C14H13N3O7. The Balaban J connectivity index is 2.22. The van der Waals surface area contributed by atoms with E-state index in [1.807, 2.05) is 0 Å². The number of carbonyl (C=O) groups is 2. The predicted molar refractivity (Wildman–Crippen MR) is 78.6 cm³/mol. The van der Waals surface area contributed by atoms with Crippen LogP contribution < -0.4 is 14.8 Å². The number of urea groups is 1. The van der Waals surface area contributed by atoms with E-state index >= 15 is 0 Å². The number of nitrogens with one attached hydrogen (secondary N) is 1. The molecule has 0 fully saturated rings. The van der Waals surface area contributed by atoms with E-state index in [1.165, 1.54) is 20.0 Å². The zero-order valence-electron chi connectivity index (χ0n) is 12.7. The summed E-state index contributed by atoms with van der Waals surface area (Å²) in [4.78, 5) is 35.6. The lowest BCUT2D eigenvalue weighted by Crippen LogP contribution is -2.46. The van der Waals surface area contributed by atoms with Gasteiger partial charge in [-0.15, -0.1) is 0 Å². The van der Waals surface area contributed by atoms with Crippen LogP contribution in [-0.2, 0) is 4.79 Å². The summed E-state index contributed by atoms with van der Waals surface area (Å²) < 4.78 is 10.3. The highest BCUT2D eigenvalue weighted by molar-refractivity contribution is 5.94. The van der Waals surface area contributed by atoms with Crippen LogP contribution in [0.2, 0.25) is 0 Å². The predicted octanol–water partition coefficient (Wildman–Crippen LogP) is 1.38. The maximum atomic E-state index is 12.0. The Hall–Kier alpha value is -3.30. The van der Waals surface area contributed by atoms with Crippen LogP contribution in [0.3, 0.4) is 0 Å². The molecule has 1 unspecified atom stereocenters. The van der Waals surface area contributed by atoms with Gasteiger partial charge in [0.25, 0.3) is 5.69 Å². The molecule has 1 aromatic rings. The van der Waals surface area contributed by atoms with Crippen molar-refractivity contribution in [3.05, 3.63) is 39.1 Å². The Morgan fingerprint density at radius 1 is 1.42 bits per heavy atom. The standard InChI is InChI=1S/C14H13N3O7/c1-6-11(13(18)19)12(15-14(20)16(6)2)7-3-9-10(24-5-23-9)4-8(7)17(21)22/h3-4,12H,5H2,1-2H3,(H,15,20)(H,18,19). The third-order valence-electron chi connectivity index (χ3n) is 4.01. The van der Waals surface area contributed by atoms with Gasteiger partial charge in [-0.25, -0.2) is 9.59 Å². The van der Waals surface area contributed by atoms with Crippen molar-refractivity contribution in [1.29, 1.82) is 0 Å². The highest BCUT2D eigenvalue weighted by Crippen LogP contribution is 2.43. The lowest BCUT2D eigenvalue weighted by Gasteiger charge is -2.32. The number of nitro groups is 1. The smallest absolute Gasteiger partial charge is 0.335 e. The molecule has 3 rings (SSSR count). The van der Waals surface area contributed by atoms with Gasteiger partial charge in [-0.3, -0.25) is 10.1 Å². The quantitative estimate of drug-likeness (QED) is 0.630. The molecule has 1 aromatic carbocycles. The Morgan fingerprint density at radius 2 is 2.04 bits per heavy atom. The van der Waals surface area contributed by atoms with Crippen molar-refractivity contribution in [2.45, 2.75) is 13.0 Å². The second-order valence-electron chi connectivity index (χ2n) is 5.27. The molecular weight excluding hydrogens is 322 g/mol. The van der Waals surface area contributed by atoms with Crippen molar-refractivity contribution in [3.63, 3.8) is 0 Å². The lowest BCUT2D eigenvalue weighted by molar-refractivity contribution is -0.385. The number of hydrogen-bond donors (Lipinski definition) is 2. The summed E-state index contributed by atoms with van der Waals surface area (Å²) in [7, 11) is 1.41. The van der Waals surface area contributed by atoms with Crippen LogP contribution in [0.4, 0.5) is 10.5 Å². The van der Waals surface area contributed by atoms with Gasteiger partial charge in [0.1, 0.15) is 0 Å². The van der Waals surface area contributed by atoms with Crippen molar-refractivity contribution in [2.24, 2.45) is 0 Å². The molecule has 2 heterocycles. The van der Waals surface area contributed by atoms with Crippen molar-refractivity contribution < 1.29 is 29.1 Å². The summed E-state index contributed by atoms with van der Waals surface area (Å²) >= 11 is 0. The van der Waals surface area contributed by atoms with Crippen LogP contribution in [0.15, 0.2) is 23.4 Å². The largest absolute Gasteiger partial charge is 0.478 e. The lowest BCUT2D eigenvalue weighted by atomic mass is 9.93. The second kappa shape index (κ2) is 5.41. The number of fused-ring (bicyclic) bond motifs is 1. The third kappa shape index (κ3) is 2.28. The van der Waals surface area contributed by atoms with E-state index in [0.717, 1.165) is 11.0 Å². The molecule has 0 aliphatic carbocycles. The Kier molecular flexibility index (Phi) is 3.51. The van der Waals surface area contributed by atoms with Gasteiger partial charge in [0.15, 0.2) is 11.5 Å². The highest BCUT2D eigenvalue weighted by Gasteiger charge is 2.38. The number of rotatable bonds is 3. The van der Waals surface area contributed by atoms with Gasteiger partial charge in [0.05, 0.1) is 28.2 Å². The van der Waals surface area contributed by atoms with Crippen molar-refractivity contribution >= 4 is 17.7 Å². The number of carboxylic acids is 1. The number of aliphatic carboxylic acids is 1. The molecule has 2 aliphatic rings. The summed E-state index contributed by atoms with van der Waals surface area (Å²) in [5.74, 6) is -0.829. The maximum Gasteiger partial charge on any atom is 0.335 e. The van der Waals surface area contributed by atoms with Crippen LogP contribution >= 0.6 is 0 Å². The molecule has 0 bridgehead atoms. The monoisotopic (exact) mass is 335 g/mol. The van der Waals surface area contributed by atoms with E-state index in [-0.39, 0.29) is 40.8 Å². The van der Waals surface area contributed by atoms with Gasteiger partial charge < -0.3 is 24.8 Å². The number of carbonyl (C=O) groups excluding carboxylic acids is 1. The minimum absolute atomic E-state index is 0.0162. The molecule has 2 amide bonds. The summed E-state index contributed by atoms with van der Waals surface area (Å²) in [5.41, 5.74) is -0.301. The molecule has 10 nitrogen and oxygen atoms in total. The van der Waals surface area contributed by atoms with Crippen LogP contribution in [0.5, 0.6) is 11.5 Å². The first kappa shape index (κ1) is 15.6. The molecule has 0 saturated carbocycles. The zero-order chi connectivity index (χ0) is 17.6. The first-order chi connectivity index (χ1) is 11.3. The molecule has 10 heteroatoms. The van der Waals surface area contributed by atoms with Crippen molar-refractivity contribution in [2.75, 3.05) is 13.8 Å². The molecule has 0 radical (unpaired) electrons. The van der Waals surface area contributed by atoms with Crippen LogP contribution in [0, 0.1) is 10.1 Å². The molecule has 0 aromatic heterocycles. The first-order valence-corrected chi connectivity index (χ1v) is 6.87. The van der Waals surface area contributed by atoms with E-state index in [4.69, 9.17) is 9.47 Å². The minimum atomic E-state index is -1.28. The fourth-order valence-electron chi connectivity index (χ4n) is 2.68. The molecule has 1 atom stereocenters. The highest BCUT2D eigenvalue weighted by atomic mass is 16.7. The summed E-state index contributed by atoms with van der Waals surface area (Å²) in [6.07, 6.45) is 0. The summed E-state index contributed by atoms with van der Waals surface area (Å²) in [6.45, 7) is 1.38. The van der Waals surface area contributed by atoms with Gasteiger partial charge in [0.2, 0.25) is 6.79 Å². The average Bonchev–Trinajstić information content (AvgIpc) is 2.97. The number of ether oxygens (including phenoxy) is 2. The first-order valence-electron chi connectivity index (χ1n) is 6.87. The number of hydrogen-bond acceptors (Lipinski definition) is 6. The van der Waals surface area contributed by atoms with Crippen LogP contribution in [-0.4, -0.2) is 40.8 Å².